The van der Waals surface area contributed by atoms with Crippen LogP contribution < -0.4 is 11.1 Å². The lowest BCUT2D eigenvalue weighted by atomic mass is 10.00. The monoisotopic (exact) mass is 256 g/mol. The minimum Gasteiger partial charge on any atom is -0.378 e. The quantitative estimate of drug-likeness (QED) is 0.730. The van der Waals surface area contributed by atoms with E-state index in [1.165, 1.54) is 6.42 Å². The first kappa shape index (κ1) is 15.4. The van der Waals surface area contributed by atoms with Gasteiger partial charge < -0.3 is 15.8 Å². The molecule has 1 fully saturated rings. The molecule has 1 aliphatic rings. The molecule has 3 N–H and O–H groups in total. The summed E-state index contributed by atoms with van der Waals surface area (Å²) in [6.07, 6.45) is 6.05. The Balaban J connectivity index is 2.22. The predicted molar refractivity (Wildman–Crippen MR) is 73.3 cm³/mol. The van der Waals surface area contributed by atoms with Crippen LogP contribution in [0.2, 0.25) is 0 Å². The second-order valence-corrected chi connectivity index (χ2v) is 5.52. The first-order chi connectivity index (χ1) is 8.63. The molecule has 0 radical (unpaired) electrons. The second kappa shape index (κ2) is 8.48. The van der Waals surface area contributed by atoms with E-state index in [2.05, 4.69) is 19.2 Å². The average Bonchev–Trinajstić information content (AvgIpc) is 2.37. The molecule has 1 amide bonds. The molecule has 0 spiro atoms. The minimum atomic E-state index is 0.135. The zero-order valence-electron chi connectivity index (χ0n) is 11.8. The summed E-state index contributed by atoms with van der Waals surface area (Å²) >= 11 is 0. The third-order valence-electron chi connectivity index (χ3n) is 3.60. The number of nitrogens with one attached hydrogen (secondary N) is 1. The van der Waals surface area contributed by atoms with Crippen LogP contribution in [0.25, 0.3) is 0 Å². The number of carbonyl (C=O) groups excluding carboxylic acids is 1. The van der Waals surface area contributed by atoms with E-state index < -0.39 is 0 Å². The van der Waals surface area contributed by atoms with Gasteiger partial charge in [-0.15, -0.1) is 0 Å². The highest BCUT2D eigenvalue weighted by atomic mass is 16.5. The van der Waals surface area contributed by atoms with E-state index in [1.54, 1.807) is 0 Å². The summed E-state index contributed by atoms with van der Waals surface area (Å²) < 4.78 is 5.63. The Labute approximate surface area is 111 Å². The highest BCUT2D eigenvalue weighted by Crippen LogP contribution is 2.17. The molecule has 4 heteroatoms. The van der Waals surface area contributed by atoms with Crippen LogP contribution in [0.3, 0.4) is 0 Å². The molecule has 4 nitrogen and oxygen atoms in total. The van der Waals surface area contributed by atoms with Crippen molar-refractivity contribution >= 4 is 5.91 Å². The Bertz CT molecular complexity index is 238. The summed E-state index contributed by atoms with van der Waals surface area (Å²) in [4.78, 5) is 11.9. The maximum absolute atomic E-state index is 11.9. The number of hydrogen-bond donors (Lipinski definition) is 2. The summed E-state index contributed by atoms with van der Waals surface area (Å²) in [6, 6.07) is 0.203. The van der Waals surface area contributed by atoms with Crippen molar-refractivity contribution in [3.63, 3.8) is 0 Å². The summed E-state index contributed by atoms with van der Waals surface area (Å²) in [7, 11) is 0. The van der Waals surface area contributed by atoms with E-state index in [0.717, 1.165) is 32.3 Å². The van der Waals surface area contributed by atoms with Gasteiger partial charge in [0.1, 0.15) is 0 Å². The van der Waals surface area contributed by atoms with Crippen molar-refractivity contribution in [3.05, 3.63) is 0 Å². The fourth-order valence-electron chi connectivity index (χ4n) is 2.36. The third-order valence-corrected chi connectivity index (χ3v) is 3.60. The first-order valence-corrected chi connectivity index (χ1v) is 7.24. The number of nitrogens with two attached hydrogens (primary N) is 1. The van der Waals surface area contributed by atoms with Gasteiger partial charge >= 0.3 is 0 Å². The van der Waals surface area contributed by atoms with Gasteiger partial charge in [0.15, 0.2) is 0 Å². The fourth-order valence-corrected chi connectivity index (χ4v) is 2.36. The first-order valence-electron chi connectivity index (χ1n) is 7.24. The Kier molecular flexibility index (Phi) is 7.28. The van der Waals surface area contributed by atoms with Gasteiger partial charge in [0.05, 0.1) is 6.10 Å². The Morgan fingerprint density at radius 1 is 1.44 bits per heavy atom. The zero-order valence-corrected chi connectivity index (χ0v) is 11.8. The van der Waals surface area contributed by atoms with Crippen LogP contribution in [0, 0.1) is 5.92 Å². The van der Waals surface area contributed by atoms with Crippen molar-refractivity contribution in [1.29, 1.82) is 0 Å². The molecule has 0 aromatic heterocycles. The van der Waals surface area contributed by atoms with Gasteiger partial charge in [-0.3, -0.25) is 4.79 Å². The van der Waals surface area contributed by atoms with Crippen LogP contribution >= 0.6 is 0 Å². The lowest BCUT2D eigenvalue weighted by Gasteiger charge is -2.24. The lowest BCUT2D eigenvalue weighted by molar-refractivity contribution is -0.123. The van der Waals surface area contributed by atoms with E-state index in [4.69, 9.17) is 10.5 Å². The molecule has 1 heterocycles. The Morgan fingerprint density at radius 3 is 2.78 bits per heavy atom. The molecule has 0 saturated carbocycles. The van der Waals surface area contributed by atoms with Gasteiger partial charge in [0.2, 0.25) is 5.91 Å². The molecule has 1 rings (SSSR count). The van der Waals surface area contributed by atoms with Crippen LogP contribution in [-0.4, -0.2) is 31.2 Å². The molecular weight excluding hydrogens is 228 g/mol. The van der Waals surface area contributed by atoms with Gasteiger partial charge in [-0.05, 0) is 44.6 Å². The second-order valence-electron chi connectivity index (χ2n) is 5.52. The summed E-state index contributed by atoms with van der Waals surface area (Å²) in [5.41, 5.74) is 5.56. The largest absolute Gasteiger partial charge is 0.378 e. The smallest absolute Gasteiger partial charge is 0.220 e. The van der Waals surface area contributed by atoms with Crippen molar-refractivity contribution in [2.45, 2.75) is 64.5 Å². The van der Waals surface area contributed by atoms with Crippen LogP contribution in [-0.2, 0) is 9.53 Å². The standard InChI is InChI=1S/C14H28N2O2/c1-11(2)13(8-9-15)16-14(17)7-6-12-5-3-4-10-18-12/h11-13H,3-10,15H2,1-2H3,(H,16,17). The average molecular weight is 256 g/mol. The number of amides is 1. The Morgan fingerprint density at radius 2 is 2.22 bits per heavy atom. The van der Waals surface area contributed by atoms with Crippen LogP contribution in [0.15, 0.2) is 0 Å². The van der Waals surface area contributed by atoms with E-state index in [1.807, 2.05) is 0 Å². The van der Waals surface area contributed by atoms with Crippen molar-refractivity contribution in [3.8, 4) is 0 Å². The highest BCUT2D eigenvalue weighted by Gasteiger charge is 2.18. The molecule has 0 aliphatic carbocycles. The fraction of sp³-hybridized carbons (Fsp3) is 0.929. The number of rotatable bonds is 7. The molecule has 0 aromatic carbocycles. The SMILES string of the molecule is CC(C)C(CCN)NC(=O)CCC1CCCCO1. The van der Waals surface area contributed by atoms with Gasteiger partial charge in [0.25, 0.3) is 0 Å². The topological polar surface area (TPSA) is 64.3 Å². The third kappa shape index (κ3) is 5.83. The maximum Gasteiger partial charge on any atom is 0.220 e. The van der Waals surface area contributed by atoms with E-state index >= 15 is 0 Å². The van der Waals surface area contributed by atoms with Gasteiger partial charge in [0, 0.05) is 19.1 Å². The zero-order chi connectivity index (χ0) is 13.4. The van der Waals surface area contributed by atoms with Gasteiger partial charge in [-0.2, -0.15) is 0 Å². The van der Waals surface area contributed by atoms with E-state index in [-0.39, 0.29) is 18.1 Å². The number of carbonyl (C=O) groups is 1. The molecule has 1 aliphatic heterocycles. The molecule has 1 saturated heterocycles. The molecule has 2 atom stereocenters. The van der Waals surface area contributed by atoms with Gasteiger partial charge in [-0.1, -0.05) is 13.8 Å². The van der Waals surface area contributed by atoms with Gasteiger partial charge in [-0.25, -0.2) is 0 Å². The van der Waals surface area contributed by atoms with Crippen LogP contribution in [0.5, 0.6) is 0 Å². The van der Waals surface area contributed by atoms with Crippen molar-refractivity contribution in [1.82, 2.24) is 5.32 Å². The molecule has 0 aromatic rings. The van der Waals surface area contributed by atoms with Crippen molar-refractivity contribution < 1.29 is 9.53 Å². The molecule has 18 heavy (non-hydrogen) atoms. The highest BCUT2D eigenvalue weighted by molar-refractivity contribution is 5.76. The summed E-state index contributed by atoms with van der Waals surface area (Å²) in [5.74, 6) is 0.569. The number of hydrogen-bond acceptors (Lipinski definition) is 3. The Hall–Kier alpha value is -0.610. The van der Waals surface area contributed by atoms with Crippen molar-refractivity contribution in [2.24, 2.45) is 11.7 Å². The van der Waals surface area contributed by atoms with Crippen LogP contribution in [0.1, 0.15) is 52.4 Å². The van der Waals surface area contributed by atoms with Crippen molar-refractivity contribution in [2.75, 3.05) is 13.2 Å². The van der Waals surface area contributed by atoms with E-state index in [9.17, 15) is 4.79 Å². The van der Waals surface area contributed by atoms with E-state index in [0.29, 0.717) is 18.9 Å². The molecular formula is C14H28N2O2. The summed E-state index contributed by atoms with van der Waals surface area (Å²) in [5, 5.41) is 3.08. The molecule has 106 valence electrons. The summed E-state index contributed by atoms with van der Waals surface area (Å²) in [6.45, 7) is 5.71. The number of ether oxygens (including phenoxy) is 1. The molecule has 0 bridgehead atoms. The minimum absolute atomic E-state index is 0.135. The predicted octanol–water partition coefficient (Wildman–Crippen LogP) is 1.83. The normalized spacial score (nSPS) is 21.9. The lowest BCUT2D eigenvalue weighted by Crippen LogP contribution is -2.40. The maximum atomic E-state index is 11.9. The van der Waals surface area contributed by atoms with Crippen LogP contribution in [0.4, 0.5) is 0 Å². The molecule has 2 unspecified atom stereocenters.